The van der Waals surface area contributed by atoms with E-state index in [1.165, 1.54) is 0 Å². The van der Waals surface area contributed by atoms with Gasteiger partial charge in [0.2, 0.25) is 0 Å². The van der Waals surface area contributed by atoms with Gasteiger partial charge in [-0.2, -0.15) is 9.48 Å². The monoisotopic (exact) mass is 349 g/mol. The first-order chi connectivity index (χ1) is 13.4. The summed E-state index contributed by atoms with van der Waals surface area (Å²) in [5, 5.41) is 0. The second kappa shape index (κ2) is 8.15. The topological polar surface area (TPSA) is 6.25 Å². The predicted molar refractivity (Wildman–Crippen MR) is 115 cm³/mol. The van der Waals surface area contributed by atoms with Crippen LogP contribution in [0.25, 0.3) is 0 Å². The molecular weight excluding hydrogens is 328 g/mol. The van der Waals surface area contributed by atoms with Gasteiger partial charge in [0.05, 0.1) is 0 Å². The molecule has 0 fully saturated rings. The minimum absolute atomic E-state index is 1.11. The molecule has 0 bridgehead atoms. The summed E-state index contributed by atoms with van der Waals surface area (Å²) < 4.78 is 2.21. The lowest BCUT2D eigenvalue weighted by Crippen LogP contribution is -2.22. The van der Waals surface area contributed by atoms with Gasteiger partial charge in [0.15, 0.2) is 0 Å². The number of anilines is 2. The van der Waals surface area contributed by atoms with Crippen LogP contribution < -0.4 is 9.48 Å². The van der Waals surface area contributed by atoms with Gasteiger partial charge in [-0.15, -0.1) is 0 Å². The van der Waals surface area contributed by atoms with Crippen molar-refractivity contribution in [2.75, 3.05) is 4.90 Å². The van der Waals surface area contributed by atoms with Gasteiger partial charge in [0.25, 0.3) is 6.34 Å². The van der Waals surface area contributed by atoms with Crippen molar-refractivity contribution < 1.29 is 0 Å². The van der Waals surface area contributed by atoms with Crippen molar-refractivity contribution in [2.45, 2.75) is 0 Å². The molecule has 0 aliphatic heterocycles. The van der Waals surface area contributed by atoms with E-state index in [1.54, 1.807) is 0 Å². The van der Waals surface area contributed by atoms with Crippen LogP contribution in [0.4, 0.5) is 22.7 Å². The van der Waals surface area contributed by atoms with E-state index in [-0.39, 0.29) is 0 Å². The summed E-state index contributed by atoms with van der Waals surface area (Å²) in [6.45, 7) is 0. The lowest BCUT2D eigenvalue weighted by Gasteiger charge is -2.16. The van der Waals surface area contributed by atoms with Crippen LogP contribution in [0.2, 0.25) is 0 Å². The molecule has 130 valence electrons. The van der Waals surface area contributed by atoms with E-state index in [4.69, 9.17) is 0 Å². The van der Waals surface area contributed by atoms with Crippen molar-refractivity contribution >= 4 is 29.1 Å². The molecule has 0 aromatic heterocycles. The van der Waals surface area contributed by atoms with Crippen LogP contribution in [0.3, 0.4) is 0 Å². The minimum Gasteiger partial charge on any atom is -0.199 e. The number of benzene rings is 4. The summed E-state index contributed by atoms with van der Waals surface area (Å²) in [6, 6.07) is 41.7. The Balaban J connectivity index is 1.90. The van der Waals surface area contributed by atoms with Crippen molar-refractivity contribution in [3.8, 4) is 0 Å². The van der Waals surface area contributed by atoms with Gasteiger partial charge in [-0.25, -0.2) is 0 Å². The molecule has 2 heteroatoms. The molecule has 0 saturated heterocycles. The maximum Gasteiger partial charge on any atom is 0.254 e. The van der Waals surface area contributed by atoms with Gasteiger partial charge in [0.1, 0.15) is 22.7 Å². The Bertz CT molecular complexity index is 914. The highest BCUT2D eigenvalue weighted by molar-refractivity contribution is 5.92. The Hall–Kier alpha value is -3.65. The molecule has 0 radical (unpaired) electrons. The fourth-order valence-electron chi connectivity index (χ4n) is 3.03. The van der Waals surface area contributed by atoms with Gasteiger partial charge in [0, 0.05) is 0 Å². The zero-order valence-electron chi connectivity index (χ0n) is 15.0. The third-order valence-corrected chi connectivity index (χ3v) is 4.37. The largest absolute Gasteiger partial charge is 0.254 e. The molecule has 0 saturated carbocycles. The van der Waals surface area contributed by atoms with E-state index in [0.717, 1.165) is 22.7 Å². The quantitative estimate of drug-likeness (QED) is 0.230. The van der Waals surface area contributed by atoms with Crippen LogP contribution in [0.1, 0.15) is 0 Å². The Morgan fingerprint density at radius 3 is 1.15 bits per heavy atom. The average Bonchev–Trinajstić information content (AvgIpc) is 2.77. The fourth-order valence-corrected chi connectivity index (χ4v) is 3.03. The third kappa shape index (κ3) is 3.96. The first kappa shape index (κ1) is 16.8. The molecule has 0 atom stereocenters. The highest BCUT2D eigenvalue weighted by Gasteiger charge is 2.17. The van der Waals surface area contributed by atoms with E-state index in [0.29, 0.717) is 0 Å². The van der Waals surface area contributed by atoms with Crippen LogP contribution in [0, 0.1) is 0 Å². The SMILES string of the molecule is C(N(c1ccccc1)c1ccccc1)=[N+](c1ccccc1)c1ccccc1. The fraction of sp³-hybridized carbons (Fsp3) is 0. The summed E-state index contributed by atoms with van der Waals surface area (Å²) in [6.07, 6.45) is 2.15. The van der Waals surface area contributed by atoms with Crippen LogP contribution in [0.5, 0.6) is 0 Å². The van der Waals surface area contributed by atoms with Crippen molar-refractivity contribution in [3.63, 3.8) is 0 Å². The molecule has 4 aromatic carbocycles. The predicted octanol–water partition coefficient (Wildman–Crippen LogP) is 6.39. The molecule has 4 aromatic rings. The summed E-state index contributed by atoms with van der Waals surface area (Å²) >= 11 is 0. The van der Waals surface area contributed by atoms with E-state index in [2.05, 4.69) is 113 Å². The number of para-hydroxylation sites is 4. The van der Waals surface area contributed by atoms with Crippen LogP contribution in [-0.2, 0) is 0 Å². The maximum absolute atomic E-state index is 2.21. The first-order valence-electron chi connectivity index (χ1n) is 9.05. The van der Waals surface area contributed by atoms with Gasteiger partial charge in [-0.1, -0.05) is 72.8 Å². The standard InChI is InChI=1S/C25H21N2/c1-5-13-22(14-6-1)26(23-15-7-2-8-16-23)21-27(24-17-9-3-10-18-24)25-19-11-4-12-20-25/h1-21H/q+1. The normalized spacial score (nSPS) is 10.2. The second-order valence-corrected chi connectivity index (χ2v) is 6.20. The Morgan fingerprint density at radius 1 is 0.444 bits per heavy atom. The Kier molecular flexibility index (Phi) is 5.07. The Morgan fingerprint density at radius 2 is 0.778 bits per heavy atom. The average molecular weight is 349 g/mol. The lowest BCUT2D eigenvalue weighted by molar-refractivity contribution is 1.08. The highest BCUT2D eigenvalue weighted by Crippen LogP contribution is 2.26. The van der Waals surface area contributed by atoms with Crippen molar-refractivity contribution in [3.05, 3.63) is 121 Å². The number of rotatable bonds is 5. The summed E-state index contributed by atoms with van der Waals surface area (Å²) in [4.78, 5) is 2.21. The second-order valence-electron chi connectivity index (χ2n) is 6.20. The van der Waals surface area contributed by atoms with Crippen molar-refractivity contribution in [1.82, 2.24) is 4.58 Å². The number of hydrogen-bond acceptors (Lipinski definition) is 0. The van der Waals surface area contributed by atoms with E-state index >= 15 is 0 Å². The molecule has 0 spiro atoms. The first-order valence-corrected chi connectivity index (χ1v) is 9.05. The minimum atomic E-state index is 1.11. The number of nitrogens with zero attached hydrogens (tertiary/aromatic N) is 2. The maximum atomic E-state index is 2.21. The van der Waals surface area contributed by atoms with E-state index < -0.39 is 0 Å². The molecule has 2 nitrogen and oxygen atoms in total. The molecule has 0 N–H and O–H groups in total. The van der Waals surface area contributed by atoms with E-state index in [1.807, 2.05) is 24.3 Å². The molecule has 27 heavy (non-hydrogen) atoms. The van der Waals surface area contributed by atoms with Gasteiger partial charge >= 0.3 is 0 Å². The molecule has 0 heterocycles. The summed E-state index contributed by atoms with van der Waals surface area (Å²) in [5.74, 6) is 0. The molecular formula is C25H21N2+. The van der Waals surface area contributed by atoms with Gasteiger partial charge < -0.3 is 0 Å². The zero-order chi connectivity index (χ0) is 18.3. The van der Waals surface area contributed by atoms with Crippen LogP contribution >= 0.6 is 0 Å². The Labute approximate surface area is 160 Å². The molecule has 0 aliphatic carbocycles. The molecule has 0 aliphatic rings. The molecule has 4 rings (SSSR count). The molecule has 0 unspecified atom stereocenters. The van der Waals surface area contributed by atoms with E-state index in [9.17, 15) is 0 Å². The summed E-state index contributed by atoms with van der Waals surface area (Å²) in [5.41, 5.74) is 4.45. The van der Waals surface area contributed by atoms with Crippen molar-refractivity contribution in [1.29, 1.82) is 0 Å². The third-order valence-electron chi connectivity index (χ3n) is 4.37. The zero-order valence-corrected chi connectivity index (χ0v) is 15.0. The summed E-state index contributed by atoms with van der Waals surface area (Å²) in [7, 11) is 0. The van der Waals surface area contributed by atoms with Gasteiger partial charge in [-0.05, 0) is 48.5 Å². The lowest BCUT2D eigenvalue weighted by atomic mass is 10.2. The smallest absolute Gasteiger partial charge is 0.199 e. The number of hydrogen-bond donors (Lipinski definition) is 0. The van der Waals surface area contributed by atoms with Crippen LogP contribution in [0.15, 0.2) is 121 Å². The highest BCUT2D eigenvalue weighted by atomic mass is 15.2. The molecule has 0 amide bonds. The van der Waals surface area contributed by atoms with Gasteiger partial charge in [-0.3, -0.25) is 0 Å². The van der Waals surface area contributed by atoms with Crippen molar-refractivity contribution in [2.24, 2.45) is 0 Å². The van der Waals surface area contributed by atoms with Crippen LogP contribution in [-0.4, -0.2) is 6.34 Å².